The average Bonchev–Trinajstić information content (AvgIpc) is 3.16. The summed E-state index contributed by atoms with van der Waals surface area (Å²) in [5.74, 6) is -0.296. The van der Waals surface area contributed by atoms with Crippen LogP contribution in [0.5, 0.6) is 0 Å². The molecule has 0 rings (SSSR count). The molecule has 0 spiro atoms. The van der Waals surface area contributed by atoms with E-state index in [0.717, 1.165) is 44.9 Å². The monoisotopic (exact) mass is 827 g/mol. The van der Waals surface area contributed by atoms with Crippen LogP contribution in [-0.2, 0) is 18.4 Å². The highest BCUT2D eigenvalue weighted by molar-refractivity contribution is 7.45. The zero-order valence-corrected chi connectivity index (χ0v) is 38.5. The normalized spacial score (nSPS) is 15.2. The number of carbonyl (C=O) groups is 1. The number of amides is 1. The van der Waals surface area contributed by atoms with E-state index >= 15 is 0 Å². The third-order valence-corrected chi connectivity index (χ3v) is 11.4. The van der Waals surface area contributed by atoms with Gasteiger partial charge in [-0.1, -0.05) is 153 Å². The summed E-state index contributed by atoms with van der Waals surface area (Å²) in [4.78, 5) is 25.4. The molecule has 4 unspecified atom stereocenters. The SMILES string of the molecule is CCCCC/C=C/CC/C=C/CCCC(O)C(O)C(COP(=O)([O-])OCC[N+](C)(C)C)NC(=O)CCCCCCCCCCC/C=C\CCCCCCCCCC. The Morgan fingerprint density at radius 1 is 0.614 bits per heavy atom. The van der Waals surface area contributed by atoms with Crippen molar-refractivity contribution in [3.05, 3.63) is 36.5 Å². The lowest BCUT2D eigenvalue weighted by Crippen LogP contribution is -2.51. The summed E-state index contributed by atoms with van der Waals surface area (Å²) in [6, 6.07) is -1.10. The summed E-state index contributed by atoms with van der Waals surface area (Å²) in [7, 11) is 1.10. The van der Waals surface area contributed by atoms with Gasteiger partial charge in [-0.15, -0.1) is 0 Å². The zero-order valence-electron chi connectivity index (χ0n) is 37.7. The van der Waals surface area contributed by atoms with E-state index in [1.807, 2.05) is 21.1 Å². The minimum absolute atomic E-state index is 0.0493. The molecule has 0 aromatic rings. The molecule has 10 heteroatoms. The molecular formula is C47H91N2O7P. The van der Waals surface area contributed by atoms with Crippen LogP contribution in [0.15, 0.2) is 36.5 Å². The number of phosphoric ester groups is 1. The van der Waals surface area contributed by atoms with Crippen LogP contribution in [0.1, 0.15) is 200 Å². The van der Waals surface area contributed by atoms with Gasteiger partial charge in [-0.05, 0) is 77.0 Å². The van der Waals surface area contributed by atoms with Crippen LogP contribution < -0.4 is 10.2 Å². The molecule has 1 amide bonds. The van der Waals surface area contributed by atoms with Gasteiger partial charge in [0.25, 0.3) is 7.82 Å². The van der Waals surface area contributed by atoms with E-state index in [1.54, 1.807) is 0 Å². The van der Waals surface area contributed by atoms with Crippen LogP contribution in [-0.4, -0.2) is 79.8 Å². The predicted octanol–water partition coefficient (Wildman–Crippen LogP) is 11.4. The van der Waals surface area contributed by atoms with Crippen LogP contribution in [0.4, 0.5) is 0 Å². The quantitative estimate of drug-likeness (QED) is 0.0242. The Morgan fingerprint density at radius 3 is 1.51 bits per heavy atom. The Labute approximate surface area is 351 Å². The van der Waals surface area contributed by atoms with E-state index in [0.29, 0.717) is 30.3 Å². The van der Waals surface area contributed by atoms with Crippen LogP contribution in [0.3, 0.4) is 0 Å². The maximum Gasteiger partial charge on any atom is 0.268 e. The van der Waals surface area contributed by atoms with Gasteiger partial charge < -0.3 is 34.0 Å². The number of hydrogen-bond acceptors (Lipinski definition) is 7. The van der Waals surface area contributed by atoms with Gasteiger partial charge in [-0.25, -0.2) is 0 Å². The van der Waals surface area contributed by atoms with E-state index in [1.165, 1.54) is 116 Å². The van der Waals surface area contributed by atoms with Gasteiger partial charge in [0.15, 0.2) is 0 Å². The summed E-state index contributed by atoms with van der Waals surface area (Å²) >= 11 is 0. The molecular weight excluding hydrogens is 735 g/mol. The van der Waals surface area contributed by atoms with Crippen molar-refractivity contribution in [2.75, 3.05) is 40.9 Å². The molecule has 0 saturated heterocycles. The molecule has 9 nitrogen and oxygen atoms in total. The summed E-state index contributed by atoms with van der Waals surface area (Å²) in [6.07, 6.45) is 43.3. The molecule has 57 heavy (non-hydrogen) atoms. The number of aliphatic hydroxyl groups is 2. The lowest BCUT2D eigenvalue weighted by molar-refractivity contribution is -0.870. The topological polar surface area (TPSA) is 128 Å². The number of nitrogens with one attached hydrogen (secondary N) is 1. The number of likely N-dealkylation sites (N-methyl/N-ethyl adjacent to an activating group) is 1. The summed E-state index contributed by atoms with van der Waals surface area (Å²) in [6.45, 7) is 4.37. The van der Waals surface area contributed by atoms with Gasteiger partial charge in [0.1, 0.15) is 19.3 Å². The van der Waals surface area contributed by atoms with Gasteiger partial charge in [0.2, 0.25) is 5.91 Å². The number of carbonyl (C=O) groups excluding carboxylic acids is 1. The highest BCUT2D eigenvalue weighted by Crippen LogP contribution is 2.38. The summed E-state index contributed by atoms with van der Waals surface area (Å²) < 4.78 is 23.1. The Kier molecular flexibility index (Phi) is 38.0. The fourth-order valence-corrected chi connectivity index (χ4v) is 7.34. The standard InChI is InChI=1S/C47H91N2O7P/c1-6-8-10-12-14-16-18-20-21-22-23-24-25-26-27-28-30-32-34-36-38-40-46(51)48-44(43-56-57(53,54)55-42-41-49(3,4)5)47(52)45(50)39-37-35-33-31-29-19-17-15-13-11-9-7-2/h15,17,22-23,31,33,44-45,47,50,52H,6-14,16,18-21,24-30,32,34-43H2,1-5H3,(H-,48,51,53,54)/b17-15+,23-22-,33-31+. The third kappa shape index (κ3) is 39.9. The fraction of sp³-hybridized carbons (Fsp3) is 0.851. The average molecular weight is 827 g/mol. The molecule has 0 aromatic carbocycles. The van der Waals surface area contributed by atoms with Crippen molar-refractivity contribution >= 4 is 13.7 Å². The van der Waals surface area contributed by atoms with Gasteiger partial charge in [-0.3, -0.25) is 9.36 Å². The van der Waals surface area contributed by atoms with Gasteiger partial charge >= 0.3 is 0 Å². The summed E-state index contributed by atoms with van der Waals surface area (Å²) in [5.41, 5.74) is 0. The van der Waals surface area contributed by atoms with Crippen molar-refractivity contribution in [3.8, 4) is 0 Å². The highest BCUT2D eigenvalue weighted by Gasteiger charge is 2.29. The Hall–Kier alpha value is -1.32. The minimum atomic E-state index is -4.68. The second-order valence-electron chi connectivity index (χ2n) is 17.2. The number of allylic oxidation sites excluding steroid dienone is 6. The van der Waals surface area contributed by atoms with Gasteiger partial charge in [-0.2, -0.15) is 0 Å². The molecule has 0 aliphatic rings. The molecule has 0 aliphatic heterocycles. The Morgan fingerprint density at radius 2 is 1.02 bits per heavy atom. The molecule has 0 saturated carbocycles. The number of quaternary nitrogens is 1. The molecule has 0 heterocycles. The van der Waals surface area contributed by atoms with Crippen molar-refractivity contribution in [3.63, 3.8) is 0 Å². The first-order valence-electron chi connectivity index (χ1n) is 23.4. The maximum atomic E-state index is 12.9. The fourth-order valence-electron chi connectivity index (χ4n) is 6.62. The second-order valence-corrected chi connectivity index (χ2v) is 18.6. The predicted molar refractivity (Wildman–Crippen MR) is 239 cm³/mol. The molecule has 0 aromatic heterocycles. The second kappa shape index (κ2) is 38.9. The molecule has 3 N–H and O–H groups in total. The van der Waals surface area contributed by atoms with Crippen LogP contribution in [0.25, 0.3) is 0 Å². The molecule has 0 radical (unpaired) electrons. The first-order chi connectivity index (χ1) is 27.4. The van der Waals surface area contributed by atoms with E-state index < -0.39 is 32.7 Å². The number of phosphoric acid groups is 1. The van der Waals surface area contributed by atoms with E-state index in [9.17, 15) is 24.5 Å². The first kappa shape index (κ1) is 55.7. The Bertz CT molecular complexity index is 1050. The van der Waals surface area contributed by atoms with Crippen molar-refractivity contribution in [1.29, 1.82) is 0 Å². The van der Waals surface area contributed by atoms with E-state index in [2.05, 4.69) is 55.6 Å². The van der Waals surface area contributed by atoms with Gasteiger partial charge in [0, 0.05) is 6.42 Å². The molecule has 0 fully saturated rings. The van der Waals surface area contributed by atoms with E-state index in [-0.39, 0.29) is 18.9 Å². The smallest absolute Gasteiger partial charge is 0.268 e. The Balaban J connectivity index is 4.43. The van der Waals surface area contributed by atoms with E-state index in [4.69, 9.17) is 9.05 Å². The molecule has 4 atom stereocenters. The number of hydrogen-bond donors (Lipinski definition) is 3. The van der Waals surface area contributed by atoms with Crippen LogP contribution >= 0.6 is 7.82 Å². The lowest BCUT2D eigenvalue weighted by Gasteiger charge is -2.31. The maximum absolute atomic E-state index is 12.9. The highest BCUT2D eigenvalue weighted by atomic mass is 31.2. The number of rotatable bonds is 42. The van der Waals surface area contributed by atoms with Crippen LogP contribution in [0.2, 0.25) is 0 Å². The molecule has 336 valence electrons. The largest absolute Gasteiger partial charge is 0.756 e. The first-order valence-corrected chi connectivity index (χ1v) is 24.9. The summed E-state index contributed by atoms with van der Waals surface area (Å²) in [5, 5.41) is 24.6. The minimum Gasteiger partial charge on any atom is -0.756 e. The van der Waals surface area contributed by atoms with Crippen molar-refractivity contribution in [2.24, 2.45) is 0 Å². The third-order valence-electron chi connectivity index (χ3n) is 10.4. The van der Waals surface area contributed by atoms with Gasteiger partial charge in [0.05, 0.1) is 39.9 Å². The number of aliphatic hydroxyl groups excluding tert-OH is 2. The zero-order chi connectivity index (χ0) is 42.3. The van der Waals surface area contributed by atoms with Crippen molar-refractivity contribution < 1.29 is 38.0 Å². The van der Waals surface area contributed by atoms with Crippen LogP contribution in [0, 0.1) is 0 Å². The lowest BCUT2D eigenvalue weighted by atomic mass is 10.0. The van der Waals surface area contributed by atoms with Crippen molar-refractivity contribution in [2.45, 2.75) is 218 Å². The number of unbranched alkanes of at least 4 members (excludes halogenated alkanes) is 22. The molecule has 0 aliphatic carbocycles. The number of nitrogens with zero attached hydrogens (tertiary/aromatic N) is 1. The molecule has 0 bridgehead atoms. The van der Waals surface area contributed by atoms with Crippen molar-refractivity contribution in [1.82, 2.24) is 5.32 Å².